The Hall–Kier alpha value is -1.45. The van der Waals surface area contributed by atoms with Gasteiger partial charge < -0.3 is 10.2 Å². The first-order chi connectivity index (χ1) is 8.87. The van der Waals surface area contributed by atoms with Crippen LogP contribution in [-0.2, 0) is 21.4 Å². The monoisotopic (exact) mass is 289 g/mol. The Labute approximate surface area is 110 Å². The Bertz CT molecular complexity index is 561. The van der Waals surface area contributed by atoms with Crippen LogP contribution in [0, 0.1) is 5.92 Å². The molecular formula is C10H15N3O5S. The van der Waals surface area contributed by atoms with Crippen molar-refractivity contribution in [3.8, 4) is 0 Å². The largest absolute Gasteiger partial charge is 0.480 e. The summed E-state index contributed by atoms with van der Waals surface area (Å²) in [6.07, 6.45) is 3.15. The van der Waals surface area contributed by atoms with Crippen LogP contribution < -0.4 is 4.72 Å². The SMILES string of the molecule is O=C(O)Cn1cc(S(=O)(=O)NCC2CC(O)C2)cn1. The van der Waals surface area contributed by atoms with E-state index in [0.717, 1.165) is 10.9 Å². The van der Waals surface area contributed by atoms with Crippen LogP contribution in [0.3, 0.4) is 0 Å². The Morgan fingerprint density at radius 1 is 1.53 bits per heavy atom. The van der Waals surface area contributed by atoms with Gasteiger partial charge >= 0.3 is 5.97 Å². The number of aliphatic hydroxyl groups is 1. The van der Waals surface area contributed by atoms with Gasteiger partial charge in [-0.3, -0.25) is 9.48 Å². The third-order valence-corrected chi connectivity index (χ3v) is 4.37. The fraction of sp³-hybridized carbons (Fsp3) is 0.600. The highest BCUT2D eigenvalue weighted by atomic mass is 32.2. The number of carboxylic acids is 1. The minimum atomic E-state index is -3.67. The molecule has 0 amide bonds. The number of aliphatic hydroxyl groups excluding tert-OH is 1. The molecule has 3 N–H and O–H groups in total. The summed E-state index contributed by atoms with van der Waals surface area (Å²) < 4.78 is 27.2. The lowest BCUT2D eigenvalue weighted by atomic mass is 9.83. The Morgan fingerprint density at radius 3 is 2.79 bits per heavy atom. The molecule has 8 nitrogen and oxygen atoms in total. The van der Waals surface area contributed by atoms with E-state index >= 15 is 0 Å². The highest BCUT2D eigenvalue weighted by Crippen LogP contribution is 2.26. The first kappa shape index (κ1) is 14.0. The van der Waals surface area contributed by atoms with Crippen LogP contribution in [0.2, 0.25) is 0 Å². The highest BCUT2D eigenvalue weighted by Gasteiger charge is 2.28. The van der Waals surface area contributed by atoms with Crippen molar-refractivity contribution in [2.45, 2.75) is 30.4 Å². The number of carboxylic acid groups (broad SMARTS) is 1. The van der Waals surface area contributed by atoms with Gasteiger partial charge in [0.1, 0.15) is 11.4 Å². The number of hydrogen-bond donors (Lipinski definition) is 3. The van der Waals surface area contributed by atoms with Crippen molar-refractivity contribution in [2.75, 3.05) is 6.54 Å². The van der Waals surface area contributed by atoms with Gasteiger partial charge in [0.2, 0.25) is 10.0 Å². The number of aliphatic carboxylic acids is 1. The van der Waals surface area contributed by atoms with Crippen molar-refractivity contribution in [1.82, 2.24) is 14.5 Å². The third kappa shape index (κ3) is 3.52. The summed E-state index contributed by atoms with van der Waals surface area (Å²) in [6.45, 7) is -0.117. The molecule has 19 heavy (non-hydrogen) atoms. The maximum Gasteiger partial charge on any atom is 0.325 e. The summed E-state index contributed by atoms with van der Waals surface area (Å²) in [5.41, 5.74) is 0. The van der Waals surface area contributed by atoms with Crippen LogP contribution in [-0.4, -0.2) is 47.0 Å². The van der Waals surface area contributed by atoms with E-state index in [0.29, 0.717) is 12.8 Å². The van der Waals surface area contributed by atoms with E-state index in [4.69, 9.17) is 10.2 Å². The van der Waals surface area contributed by atoms with Crippen LogP contribution in [0.15, 0.2) is 17.3 Å². The molecule has 0 unspecified atom stereocenters. The number of nitrogens with zero attached hydrogens (tertiary/aromatic N) is 2. The summed E-state index contributed by atoms with van der Waals surface area (Å²) in [6, 6.07) is 0. The first-order valence-electron chi connectivity index (χ1n) is 5.79. The lowest BCUT2D eigenvalue weighted by Crippen LogP contribution is -2.38. The van der Waals surface area contributed by atoms with Crippen molar-refractivity contribution < 1.29 is 23.4 Å². The molecule has 1 aromatic rings. The number of rotatable bonds is 6. The van der Waals surface area contributed by atoms with Gasteiger partial charge in [0.25, 0.3) is 0 Å². The second-order valence-electron chi connectivity index (χ2n) is 4.61. The summed E-state index contributed by atoms with van der Waals surface area (Å²) >= 11 is 0. The second-order valence-corrected chi connectivity index (χ2v) is 6.38. The van der Waals surface area contributed by atoms with Crippen molar-refractivity contribution in [2.24, 2.45) is 5.92 Å². The first-order valence-corrected chi connectivity index (χ1v) is 7.27. The van der Waals surface area contributed by atoms with Gasteiger partial charge in [0.15, 0.2) is 0 Å². The molecule has 1 fully saturated rings. The highest BCUT2D eigenvalue weighted by molar-refractivity contribution is 7.89. The van der Waals surface area contributed by atoms with Crippen LogP contribution in [0.4, 0.5) is 0 Å². The van der Waals surface area contributed by atoms with Gasteiger partial charge in [0, 0.05) is 12.7 Å². The maximum atomic E-state index is 11.9. The molecule has 1 heterocycles. The van der Waals surface area contributed by atoms with E-state index in [-0.39, 0.29) is 30.0 Å². The maximum absolute atomic E-state index is 11.9. The normalized spacial score (nSPS) is 23.0. The van der Waals surface area contributed by atoms with Gasteiger partial charge in [-0.05, 0) is 18.8 Å². The molecule has 1 aliphatic carbocycles. The van der Waals surface area contributed by atoms with E-state index < -0.39 is 16.0 Å². The average Bonchev–Trinajstić information content (AvgIpc) is 2.71. The van der Waals surface area contributed by atoms with E-state index in [9.17, 15) is 13.2 Å². The Balaban J connectivity index is 1.95. The zero-order chi connectivity index (χ0) is 14.0. The Kier molecular flexibility index (Phi) is 3.88. The molecule has 1 saturated carbocycles. The standard InChI is InChI=1S/C10H15N3O5S/c14-8-1-7(2-8)3-12-19(17,18)9-4-11-13(5-9)6-10(15)16/h4-5,7-8,12,14H,1-3,6H2,(H,15,16). The minimum Gasteiger partial charge on any atom is -0.480 e. The average molecular weight is 289 g/mol. The molecule has 0 radical (unpaired) electrons. The zero-order valence-electron chi connectivity index (χ0n) is 10.1. The molecule has 0 atom stereocenters. The number of nitrogens with one attached hydrogen (secondary N) is 1. The van der Waals surface area contributed by atoms with Gasteiger partial charge in [-0.25, -0.2) is 13.1 Å². The van der Waals surface area contributed by atoms with Gasteiger partial charge in [0.05, 0.1) is 12.3 Å². The molecule has 1 aromatic heterocycles. The molecular weight excluding hydrogens is 274 g/mol. The van der Waals surface area contributed by atoms with E-state index in [1.165, 1.54) is 6.20 Å². The van der Waals surface area contributed by atoms with Gasteiger partial charge in [-0.1, -0.05) is 0 Å². The van der Waals surface area contributed by atoms with Crippen LogP contribution in [0.1, 0.15) is 12.8 Å². The number of hydrogen-bond acceptors (Lipinski definition) is 5. The summed E-state index contributed by atoms with van der Waals surface area (Å²) in [4.78, 5) is 10.4. The van der Waals surface area contributed by atoms with Gasteiger partial charge in [-0.15, -0.1) is 0 Å². The van der Waals surface area contributed by atoms with E-state index in [2.05, 4.69) is 9.82 Å². The molecule has 0 aromatic carbocycles. The number of carbonyl (C=O) groups is 1. The van der Waals surface area contributed by atoms with Gasteiger partial charge in [-0.2, -0.15) is 5.10 Å². The number of aromatic nitrogens is 2. The topological polar surface area (TPSA) is 122 Å². The molecule has 1 aliphatic rings. The lowest BCUT2D eigenvalue weighted by Gasteiger charge is -2.31. The molecule has 0 spiro atoms. The van der Waals surface area contributed by atoms with Crippen molar-refractivity contribution in [1.29, 1.82) is 0 Å². The number of sulfonamides is 1. The molecule has 106 valence electrons. The summed E-state index contributed by atoms with van der Waals surface area (Å²) in [5.74, 6) is -0.942. The van der Waals surface area contributed by atoms with Crippen molar-refractivity contribution >= 4 is 16.0 Å². The van der Waals surface area contributed by atoms with Crippen molar-refractivity contribution in [3.05, 3.63) is 12.4 Å². The quantitative estimate of drug-likeness (QED) is 0.618. The summed E-state index contributed by atoms with van der Waals surface area (Å²) in [5, 5.41) is 21.3. The second kappa shape index (κ2) is 5.27. The lowest BCUT2D eigenvalue weighted by molar-refractivity contribution is -0.137. The van der Waals surface area contributed by atoms with Crippen LogP contribution in [0.25, 0.3) is 0 Å². The third-order valence-electron chi connectivity index (χ3n) is 2.99. The smallest absolute Gasteiger partial charge is 0.325 e. The molecule has 2 rings (SSSR count). The fourth-order valence-electron chi connectivity index (χ4n) is 1.89. The predicted molar refractivity (Wildman–Crippen MR) is 63.8 cm³/mol. The fourth-order valence-corrected chi connectivity index (χ4v) is 2.95. The Morgan fingerprint density at radius 2 is 2.21 bits per heavy atom. The van der Waals surface area contributed by atoms with E-state index in [1.54, 1.807) is 0 Å². The summed E-state index contributed by atoms with van der Waals surface area (Å²) in [7, 11) is -3.67. The zero-order valence-corrected chi connectivity index (χ0v) is 10.9. The molecule has 9 heteroatoms. The molecule has 0 saturated heterocycles. The predicted octanol–water partition coefficient (Wildman–Crippen LogP) is -0.983. The molecule has 0 aliphatic heterocycles. The van der Waals surface area contributed by atoms with Crippen molar-refractivity contribution in [3.63, 3.8) is 0 Å². The van der Waals surface area contributed by atoms with Crippen LogP contribution in [0.5, 0.6) is 0 Å². The van der Waals surface area contributed by atoms with E-state index in [1.807, 2.05) is 0 Å². The minimum absolute atomic E-state index is 0.0615. The molecule has 0 bridgehead atoms. The van der Waals surface area contributed by atoms with Crippen LogP contribution >= 0.6 is 0 Å².